The molecular weight excluding hydrogens is 436 g/mol. The lowest BCUT2D eigenvalue weighted by Crippen LogP contribution is -2.30. The van der Waals surface area contributed by atoms with E-state index in [1.807, 2.05) is 54.6 Å². The van der Waals surface area contributed by atoms with Crippen LogP contribution in [0.3, 0.4) is 0 Å². The van der Waals surface area contributed by atoms with Gasteiger partial charge in [-0.15, -0.1) is 0 Å². The average Bonchev–Trinajstić information content (AvgIpc) is 3.60. The maximum atomic E-state index is 5.86. The highest BCUT2D eigenvalue weighted by molar-refractivity contribution is 7.80. The van der Waals surface area contributed by atoms with Crippen molar-refractivity contribution in [2.75, 3.05) is 19.1 Å². The van der Waals surface area contributed by atoms with Crippen molar-refractivity contribution in [3.05, 3.63) is 96.5 Å². The number of methoxy groups -OCH3 is 2. The molecule has 0 saturated carbocycles. The van der Waals surface area contributed by atoms with Crippen molar-refractivity contribution in [1.29, 1.82) is 0 Å². The summed E-state index contributed by atoms with van der Waals surface area (Å²) in [6, 6.07) is 19.3. The molecule has 7 nitrogen and oxygen atoms in total. The van der Waals surface area contributed by atoms with Crippen LogP contribution in [0, 0.1) is 0 Å². The van der Waals surface area contributed by atoms with Gasteiger partial charge in [-0.1, -0.05) is 6.07 Å². The Hall–Kier alpha value is -3.78. The number of ether oxygens (including phenoxy) is 2. The number of rotatable bonds is 7. The molecule has 168 valence electrons. The minimum atomic E-state index is -0.182. The van der Waals surface area contributed by atoms with Crippen molar-refractivity contribution >= 4 is 23.0 Å². The van der Waals surface area contributed by atoms with E-state index in [4.69, 9.17) is 26.1 Å². The summed E-state index contributed by atoms with van der Waals surface area (Å²) in [5.41, 5.74) is 2.79. The van der Waals surface area contributed by atoms with E-state index in [9.17, 15) is 0 Å². The van der Waals surface area contributed by atoms with Gasteiger partial charge in [0, 0.05) is 24.2 Å². The van der Waals surface area contributed by atoms with Gasteiger partial charge in [0.25, 0.3) is 0 Å². The van der Waals surface area contributed by atoms with Crippen LogP contribution in [-0.4, -0.2) is 28.9 Å². The summed E-state index contributed by atoms with van der Waals surface area (Å²) < 4.78 is 19.0. The average molecular weight is 461 g/mol. The minimum Gasteiger partial charge on any atom is -0.497 e. The van der Waals surface area contributed by atoms with Crippen LogP contribution < -0.4 is 19.7 Å². The maximum absolute atomic E-state index is 5.86. The molecule has 0 amide bonds. The van der Waals surface area contributed by atoms with Crippen LogP contribution in [0.4, 0.5) is 5.69 Å². The van der Waals surface area contributed by atoms with E-state index in [0.717, 1.165) is 28.6 Å². The number of hydrogen-bond acceptors (Lipinski definition) is 5. The van der Waals surface area contributed by atoms with E-state index in [1.165, 1.54) is 0 Å². The van der Waals surface area contributed by atoms with Gasteiger partial charge in [0.15, 0.2) is 5.11 Å². The van der Waals surface area contributed by atoms with Gasteiger partial charge in [-0.25, -0.2) is 0 Å². The normalized spacial score (nSPS) is 17.8. The molecule has 0 spiro atoms. The molecule has 3 aromatic heterocycles. The highest BCUT2D eigenvalue weighted by atomic mass is 32.1. The summed E-state index contributed by atoms with van der Waals surface area (Å²) in [5, 5.41) is 4.08. The van der Waals surface area contributed by atoms with Gasteiger partial charge >= 0.3 is 0 Å². The highest BCUT2D eigenvalue weighted by Gasteiger charge is 2.43. The molecular formula is C25H24N4O3S. The molecule has 1 N–H and O–H groups in total. The Labute approximate surface area is 197 Å². The third-order valence-electron chi connectivity index (χ3n) is 5.82. The molecule has 2 atom stereocenters. The Balaban J connectivity index is 1.65. The van der Waals surface area contributed by atoms with Gasteiger partial charge in [0.05, 0.1) is 44.5 Å². The summed E-state index contributed by atoms with van der Waals surface area (Å²) in [5.74, 6) is 2.30. The molecule has 0 aliphatic carbocycles. The number of nitrogens with zero attached hydrogens (tertiary/aromatic N) is 3. The van der Waals surface area contributed by atoms with Gasteiger partial charge in [-0.2, -0.15) is 0 Å². The fourth-order valence-corrected chi connectivity index (χ4v) is 4.65. The third kappa shape index (κ3) is 3.93. The molecule has 1 saturated heterocycles. The highest BCUT2D eigenvalue weighted by Crippen LogP contribution is 2.45. The van der Waals surface area contributed by atoms with E-state index >= 15 is 0 Å². The quantitative estimate of drug-likeness (QED) is 0.401. The standard InChI is InChI=1S/C25H24N4O3S/c1-30-17-10-11-22(31-2)21(15-17)29-24(23(27-25(29)33)19-8-3-4-12-26-19)20-9-5-13-28(20)16-18-7-6-14-32-18/h3-15,23-24H,16H2,1-2H3,(H,27,33)/t23-,24-/m1/s1. The monoisotopic (exact) mass is 460 g/mol. The van der Waals surface area contributed by atoms with Crippen LogP contribution in [0.1, 0.15) is 29.2 Å². The molecule has 0 bridgehead atoms. The molecule has 8 heteroatoms. The third-order valence-corrected chi connectivity index (χ3v) is 6.13. The van der Waals surface area contributed by atoms with Crippen LogP contribution in [0.5, 0.6) is 11.5 Å². The Morgan fingerprint density at radius 3 is 2.70 bits per heavy atom. The fraction of sp³-hybridized carbons (Fsp3) is 0.200. The number of thiocarbonyl (C=S) groups is 1. The lowest BCUT2D eigenvalue weighted by molar-refractivity contribution is 0.402. The second-order valence-corrected chi connectivity index (χ2v) is 8.06. The van der Waals surface area contributed by atoms with Crippen LogP contribution in [0.2, 0.25) is 0 Å². The zero-order valence-electron chi connectivity index (χ0n) is 18.3. The first-order valence-electron chi connectivity index (χ1n) is 10.6. The Morgan fingerprint density at radius 2 is 1.97 bits per heavy atom. The lowest BCUT2D eigenvalue weighted by atomic mass is 10.0. The van der Waals surface area contributed by atoms with Gasteiger partial charge in [-0.05, 0) is 60.7 Å². The molecule has 1 aliphatic heterocycles. The number of anilines is 1. The van der Waals surface area contributed by atoms with Crippen molar-refractivity contribution in [1.82, 2.24) is 14.9 Å². The number of furan rings is 1. The zero-order chi connectivity index (χ0) is 22.8. The smallest absolute Gasteiger partial charge is 0.174 e. The Kier molecular flexibility index (Phi) is 5.75. The summed E-state index contributed by atoms with van der Waals surface area (Å²) in [6.45, 7) is 0.608. The topological polar surface area (TPSA) is 64.7 Å². The molecule has 1 aliphatic rings. The van der Waals surface area contributed by atoms with Crippen LogP contribution in [-0.2, 0) is 6.54 Å². The van der Waals surface area contributed by atoms with Crippen molar-refractivity contribution in [3.8, 4) is 11.5 Å². The molecule has 33 heavy (non-hydrogen) atoms. The molecule has 4 aromatic rings. The first kappa shape index (κ1) is 21.1. The Morgan fingerprint density at radius 1 is 1.06 bits per heavy atom. The summed E-state index contributed by atoms with van der Waals surface area (Å²) in [7, 11) is 3.30. The number of hydrogen-bond donors (Lipinski definition) is 1. The molecule has 4 heterocycles. The molecule has 1 fully saturated rings. The summed E-state index contributed by atoms with van der Waals surface area (Å²) in [4.78, 5) is 6.72. The first-order valence-corrected chi connectivity index (χ1v) is 11.0. The molecule has 1 aromatic carbocycles. The summed E-state index contributed by atoms with van der Waals surface area (Å²) >= 11 is 5.86. The zero-order valence-corrected chi connectivity index (χ0v) is 19.2. The molecule has 5 rings (SSSR count). The minimum absolute atomic E-state index is 0.167. The van der Waals surface area contributed by atoms with Crippen molar-refractivity contribution in [2.24, 2.45) is 0 Å². The van der Waals surface area contributed by atoms with Gasteiger partial charge in [0.1, 0.15) is 23.3 Å². The summed E-state index contributed by atoms with van der Waals surface area (Å²) in [6.07, 6.45) is 5.54. The molecule has 0 unspecified atom stereocenters. The van der Waals surface area contributed by atoms with Gasteiger partial charge < -0.3 is 28.7 Å². The molecule has 0 radical (unpaired) electrons. The van der Waals surface area contributed by atoms with Crippen LogP contribution >= 0.6 is 12.2 Å². The van der Waals surface area contributed by atoms with E-state index in [-0.39, 0.29) is 12.1 Å². The predicted octanol–water partition coefficient (Wildman–Crippen LogP) is 4.72. The van der Waals surface area contributed by atoms with Crippen LogP contribution in [0.15, 0.2) is 83.7 Å². The van der Waals surface area contributed by atoms with E-state index < -0.39 is 0 Å². The first-order chi connectivity index (χ1) is 16.2. The number of nitrogens with one attached hydrogen (secondary N) is 1. The van der Waals surface area contributed by atoms with Crippen molar-refractivity contribution < 1.29 is 13.9 Å². The number of aromatic nitrogens is 2. The van der Waals surface area contributed by atoms with Crippen molar-refractivity contribution in [3.63, 3.8) is 0 Å². The number of benzene rings is 1. The van der Waals surface area contributed by atoms with E-state index in [2.05, 4.69) is 32.0 Å². The van der Waals surface area contributed by atoms with Gasteiger partial charge in [-0.3, -0.25) is 4.98 Å². The van der Waals surface area contributed by atoms with Crippen LogP contribution in [0.25, 0.3) is 0 Å². The maximum Gasteiger partial charge on any atom is 0.174 e. The van der Waals surface area contributed by atoms with Gasteiger partial charge in [0.2, 0.25) is 0 Å². The lowest BCUT2D eigenvalue weighted by Gasteiger charge is -2.30. The van der Waals surface area contributed by atoms with Crippen molar-refractivity contribution in [2.45, 2.75) is 18.6 Å². The second kappa shape index (κ2) is 8.99. The fourth-order valence-electron chi connectivity index (χ4n) is 4.31. The van der Waals surface area contributed by atoms with E-state index in [0.29, 0.717) is 17.4 Å². The largest absolute Gasteiger partial charge is 0.497 e. The Bertz CT molecular complexity index is 1240. The predicted molar refractivity (Wildman–Crippen MR) is 130 cm³/mol. The second-order valence-electron chi connectivity index (χ2n) is 7.67. The number of pyridine rings is 1. The SMILES string of the molecule is COc1ccc(OC)c(N2C(=S)N[C@H](c3ccccn3)[C@H]2c2cccn2Cc2ccco2)c1. The van der Waals surface area contributed by atoms with E-state index in [1.54, 1.807) is 26.7 Å².